The standard InChI is InChI=1S/C17H21NO2/c1-12-5-4-6-13(2)17(12)20-11-16(18)14-7-9-15(19-3)10-8-14/h4-10,16H,11,18H2,1-3H3. The van der Waals surface area contributed by atoms with Crippen LogP contribution in [-0.2, 0) is 0 Å². The Balaban J connectivity index is 2.02. The summed E-state index contributed by atoms with van der Waals surface area (Å²) in [5.41, 5.74) is 9.47. The summed E-state index contributed by atoms with van der Waals surface area (Å²) in [6.07, 6.45) is 0. The number of rotatable bonds is 5. The molecule has 0 aliphatic rings. The molecule has 0 saturated carbocycles. The van der Waals surface area contributed by atoms with Crippen LogP contribution in [-0.4, -0.2) is 13.7 Å². The quantitative estimate of drug-likeness (QED) is 0.906. The minimum atomic E-state index is -0.153. The number of methoxy groups -OCH3 is 1. The zero-order valence-corrected chi connectivity index (χ0v) is 12.2. The Morgan fingerprint density at radius 1 is 1.00 bits per heavy atom. The summed E-state index contributed by atoms with van der Waals surface area (Å²) in [5.74, 6) is 1.76. The molecule has 0 spiro atoms. The van der Waals surface area contributed by atoms with Gasteiger partial charge in [0.2, 0.25) is 0 Å². The SMILES string of the molecule is COc1ccc(C(N)COc2c(C)cccc2C)cc1. The smallest absolute Gasteiger partial charge is 0.125 e. The van der Waals surface area contributed by atoms with Crippen molar-refractivity contribution in [1.82, 2.24) is 0 Å². The third kappa shape index (κ3) is 3.31. The predicted octanol–water partition coefficient (Wildman–Crippen LogP) is 3.39. The second kappa shape index (κ2) is 6.44. The lowest BCUT2D eigenvalue weighted by Crippen LogP contribution is -2.19. The molecular weight excluding hydrogens is 250 g/mol. The molecule has 2 aromatic rings. The molecule has 1 atom stereocenters. The molecule has 106 valence electrons. The van der Waals surface area contributed by atoms with Gasteiger partial charge in [0.15, 0.2) is 0 Å². The van der Waals surface area contributed by atoms with Crippen LogP contribution < -0.4 is 15.2 Å². The van der Waals surface area contributed by atoms with Crippen molar-refractivity contribution in [3.05, 3.63) is 59.2 Å². The maximum Gasteiger partial charge on any atom is 0.125 e. The Hall–Kier alpha value is -2.00. The number of aryl methyl sites for hydroxylation is 2. The molecule has 0 saturated heterocycles. The van der Waals surface area contributed by atoms with E-state index in [-0.39, 0.29) is 6.04 Å². The first-order valence-electron chi connectivity index (χ1n) is 6.70. The fraction of sp³-hybridized carbons (Fsp3) is 0.294. The molecule has 0 aliphatic heterocycles. The highest BCUT2D eigenvalue weighted by molar-refractivity contribution is 5.39. The highest BCUT2D eigenvalue weighted by Gasteiger charge is 2.09. The lowest BCUT2D eigenvalue weighted by Gasteiger charge is -2.16. The Labute approximate surface area is 120 Å². The van der Waals surface area contributed by atoms with E-state index in [1.165, 1.54) is 0 Å². The molecule has 2 N–H and O–H groups in total. The van der Waals surface area contributed by atoms with Crippen LogP contribution in [0.1, 0.15) is 22.7 Å². The monoisotopic (exact) mass is 271 g/mol. The molecule has 0 heterocycles. The first-order chi connectivity index (χ1) is 9.61. The van der Waals surface area contributed by atoms with Gasteiger partial charge in [0.25, 0.3) is 0 Å². The zero-order valence-electron chi connectivity index (χ0n) is 12.2. The molecule has 0 radical (unpaired) electrons. The average molecular weight is 271 g/mol. The summed E-state index contributed by atoms with van der Waals surface area (Å²) < 4.78 is 11.0. The lowest BCUT2D eigenvalue weighted by molar-refractivity contribution is 0.287. The van der Waals surface area contributed by atoms with Crippen LogP contribution in [0.3, 0.4) is 0 Å². The minimum absolute atomic E-state index is 0.153. The molecule has 3 nitrogen and oxygen atoms in total. The third-order valence-corrected chi connectivity index (χ3v) is 3.36. The van der Waals surface area contributed by atoms with Crippen molar-refractivity contribution in [1.29, 1.82) is 0 Å². The van der Waals surface area contributed by atoms with Crippen molar-refractivity contribution in [2.45, 2.75) is 19.9 Å². The van der Waals surface area contributed by atoms with Gasteiger partial charge in [-0.1, -0.05) is 30.3 Å². The van der Waals surface area contributed by atoms with E-state index in [0.717, 1.165) is 28.2 Å². The average Bonchev–Trinajstić information content (AvgIpc) is 2.46. The first kappa shape index (κ1) is 14.4. The summed E-state index contributed by atoms with van der Waals surface area (Å²) in [6, 6.07) is 13.7. The molecule has 0 aliphatic carbocycles. The van der Waals surface area contributed by atoms with Crippen LogP contribution in [0, 0.1) is 13.8 Å². The maximum atomic E-state index is 6.17. The highest BCUT2D eigenvalue weighted by atomic mass is 16.5. The maximum absolute atomic E-state index is 6.17. The van der Waals surface area contributed by atoms with Crippen molar-refractivity contribution in [3.63, 3.8) is 0 Å². The molecule has 0 bridgehead atoms. The van der Waals surface area contributed by atoms with Gasteiger partial charge in [-0.2, -0.15) is 0 Å². The fourth-order valence-corrected chi connectivity index (χ4v) is 2.15. The van der Waals surface area contributed by atoms with Crippen LogP contribution >= 0.6 is 0 Å². The molecule has 1 unspecified atom stereocenters. The van der Waals surface area contributed by atoms with E-state index in [2.05, 4.69) is 0 Å². The highest BCUT2D eigenvalue weighted by Crippen LogP contribution is 2.24. The van der Waals surface area contributed by atoms with Gasteiger partial charge in [0.1, 0.15) is 18.1 Å². The molecule has 2 aromatic carbocycles. The summed E-state index contributed by atoms with van der Waals surface area (Å²) >= 11 is 0. The predicted molar refractivity (Wildman–Crippen MR) is 81.3 cm³/mol. The Morgan fingerprint density at radius 2 is 1.60 bits per heavy atom. The number of para-hydroxylation sites is 1. The van der Waals surface area contributed by atoms with Crippen LogP contribution in [0.15, 0.2) is 42.5 Å². The van der Waals surface area contributed by atoms with Gasteiger partial charge < -0.3 is 15.2 Å². The molecule has 20 heavy (non-hydrogen) atoms. The molecule has 3 heteroatoms. The molecule has 0 amide bonds. The largest absolute Gasteiger partial charge is 0.497 e. The molecule has 0 aromatic heterocycles. The second-order valence-corrected chi connectivity index (χ2v) is 4.91. The van der Waals surface area contributed by atoms with E-state index in [1.54, 1.807) is 7.11 Å². The third-order valence-electron chi connectivity index (χ3n) is 3.36. The van der Waals surface area contributed by atoms with Gasteiger partial charge in [-0.3, -0.25) is 0 Å². The summed E-state index contributed by atoms with van der Waals surface area (Å²) in [5, 5.41) is 0. The number of hydrogen-bond donors (Lipinski definition) is 1. The first-order valence-corrected chi connectivity index (χ1v) is 6.70. The Bertz CT molecular complexity index is 543. The van der Waals surface area contributed by atoms with E-state index in [1.807, 2.05) is 56.3 Å². The van der Waals surface area contributed by atoms with E-state index >= 15 is 0 Å². The van der Waals surface area contributed by atoms with Gasteiger partial charge >= 0.3 is 0 Å². The summed E-state index contributed by atoms with van der Waals surface area (Å²) in [6.45, 7) is 4.54. The molecular formula is C17H21NO2. The minimum Gasteiger partial charge on any atom is -0.497 e. The number of ether oxygens (including phenoxy) is 2. The zero-order chi connectivity index (χ0) is 14.5. The Morgan fingerprint density at radius 3 is 2.15 bits per heavy atom. The van der Waals surface area contributed by atoms with E-state index in [4.69, 9.17) is 15.2 Å². The van der Waals surface area contributed by atoms with Gasteiger partial charge in [0.05, 0.1) is 13.2 Å². The number of nitrogens with two attached hydrogens (primary N) is 1. The molecule has 0 fully saturated rings. The van der Waals surface area contributed by atoms with Gasteiger partial charge in [0, 0.05) is 0 Å². The van der Waals surface area contributed by atoms with Crippen LogP contribution in [0.5, 0.6) is 11.5 Å². The van der Waals surface area contributed by atoms with Crippen LogP contribution in [0.4, 0.5) is 0 Å². The molecule has 2 rings (SSSR count). The van der Waals surface area contributed by atoms with Crippen LogP contribution in [0.25, 0.3) is 0 Å². The Kier molecular flexibility index (Phi) is 4.64. The van der Waals surface area contributed by atoms with Crippen molar-refractivity contribution in [3.8, 4) is 11.5 Å². The van der Waals surface area contributed by atoms with Crippen molar-refractivity contribution in [2.24, 2.45) is 5.73 Å². The van der Waals surface area contributed by atoms with E-state index < -0.39 is 0 Å². The van der Waals surface area contributed by atoms with Gasteiger partial charge in [-0.05, 0) is 42.7 Å². The van der Waals surface area contributed by atoms with E-state index in [9.17, 15) is 0 Å². The topological polar surface area (TPSA) is 44.5 Å². The van der Waals surface area contributed by atoms with E-state index in [0.29, 0.717) is 6.61 Å². The van der Waals surface area contributed by atoms with Crippen molar-refractivity contribution in [2.75, 3.05) is 13.7 Å². The summed E-state index contributed by atoms with van der Waals surface area (Å²) in [4.78, 5) is 0. The van der Waals surface area contributed by atoms with Crippen molar-refractivity contribution >= 4 is 0 Å². The summed E-state index contributed by atoms with van der Waals surface area (Å²) in [7, 11) is 1.65. The van der Waals surface area contributed by atoms with Crippen LogP contribution in [0.2, 0.25) is 0 Å². The fourth-order valence-electron chi connectivity index (χ4n) is 2.15. The second-order valence-electron chi connectivity index (χ2n) is 4.91. The normalized spacial score (nSPS) is 12.0. The number of hydrogen-bond acceptors (Lipinski definition) is 3. The van der Waals surface area contributed by atoms with Gasteiger partial charge in [-0.25, -0.2) is 0 Å². The lowest BCUT2D eigenvalue weighted by atomic mass is 10.1. The van der Waals surface area contributed by atoms with Gasteiger partial charge in [-0.15, -0.1) is 0 Å². The van der Waals surface area contributed by atoms with Crippen molar-refractivity contribution < 1.29 is 9.47 Å². The number of benzene rings is 2.